The van der Waals surface area contributed by atoms with Gasteiger partial charge in [0.25, 0.3) is 5.91 Å². The van der Waals surface area contributed by atoms with Gasteiger partial charge in [-0.3, -0.25) is 14.9 Å². The second kappa shape index (κ2) is 6.60. The Kier molecular flexibility index (Phi) is 4.00. The number of benzene rings is 1. The van der Waals surface area contributed by atoms with Gasteiger partial charge in [-0.25, -0.2) is 0 Å². The monoisotopic (exact) mass is 331 g/mol. The van der Waals surface area contributed by atoms with E-state index < -0.39 is 0 Å². The van der Waals surface area contributed by atoms with Gasteiger partial charge in [0.15, 0.2) is 0 Å². The Morgan fingerprint density at radius 1 is 1.12 bits per heavy atom. The standard InChI is InChI=1S/C19H17N5O/c25-19(21-10-6-16-3-1-2-9-20-16)15-5-4-14-8-12-24(17(14)13-15)18-7-11-22-23-18/h1-5,7-9,11-13H,6,10H2,(H,21,25)(H,22,23). The first-order valence-electron chi connectivity index (χ1n) is 8.10. The normalized spacial score (nSPS) is 10.9. The van der Waals surface area contributed by atoms with Crippen molar-refractivity contribution in [2.24, 2.45) is 0 Å². The second-order valence-electron chi connectivity index (χ2n) is 5.73. The van der Waals surface area contributed by atoms with Crippen molar-refractivity contribution in [1.82, 2.24) is 25.1 Å². The molecule has 1 amide bonds. The molecule has 124 valence electrons. The largest absolute Gasteiger partial charge is 0.352 e. The van der Waals surface area contributed by atoms with Gasteiger partial charge in [0.2, 0.25) is 0 Å². The van der Waals surface area contributed by atoms with Crippen LogP contribution in [0.1, 0.15) is 16.1 Å². The van der Waals surface area contributed by atoms with E-state index in [9.17, 15) is 4.79 Å². The number of aromatic amines is 1. The van der Waals surface area contributed by atoms with Crippen molar-refractivity contribution in [1.29, 1.82) is 0 Å². The van der Waals surface area contributed by atoms with E-state index >= 15 is 0 Å². The first-order chi connectivity index (χ1) is 12.3. The molecule has 2 N–H and O–H groups in total. The summed E-state index contributed by atoms with van der Waals surface area (Å²) in [4.78, 5) is 16.7. The molecule has 0 saturated carbocycles. The Morgan fingerprint density at radius 2 is 2.08 bits per heavy atom. The van der Waals surface area contributed by atoms with Gasteiger partial charge in [0.05, 0.1) is 11.7 Å². The third-order valence-corrected chi connectivity index (χ3v) is 4.09. The lowest BCUT2D eigenvalue weighted by molar-refractivity contribution is 0.0954. The van der Waals surface area contributed by atoms with E-state index in [0.717, 1.165) is 22.4 Å². The molecular formula is C19H17N5O. The van der Waals surface area contributed by atoms with Crippen LogP contribution >= 0.6 is 0 Å². The molecule has 6 nitrogen and oxygen atoms in total. The molecule has 1 aromatic carbocycles. The van der Waals surface area contributed by atoms with E-state index in [4.69, 9.17) is 0 Å². The van der Waals surface area contributed by atoms with E-state index in [2.05, 4.69) is 20.5 Å². The first kappa shape index (κ1) is 15.1. The topological polar surface area (TPSA) is 75.6 Å². The molecule has 0 aliphatic rings. The molecule has 0 aliphatic carbocycles. The summed E-state index contributed by atoms with van der Waals surface area (Å²) in [5.41, 5.74) is 2.56. The Balaban J connectivity index is 1.51. The third-order valence-electron chi connectivity index (χ3n) is 4.09. The average Bonchev–Trinajstić information content (AvgIpc) is 3.31. The summed E-state index contributed by atoms with van der Waals surface area (Å²) in [7, 11) is 0. The maximum Gasteiger partial charge on any atom is 0.251 e. The van der Waals surface area contributed by atoms with E-state index in [1.54, 1.807) is 12.4 Å². The molecular weight excluding hydrogens is 314 g/mol. The van der Waals surface area contributed by atoms with Crippen LogP contribution in [-0.2, 0) is 6.42 Å². The highest BCUT2D eigenvalue weighted by atomic mass is 16.1. The zero-order chi connectivity index (χ0) is 17.1. The van der Waals surface area contributed by atoms with Gasteiger partial charge < -0.3 is 9.88 Å². The lowest BCUT2D eigenvalue weighted by Crippen LogP contribution is -2.25. The molecule has 0 unspecified atom stereocenters. The number of fused-ring (bicyclic) bond motifs is 1. The lowest BCUT2D eigenvalue weighted by atomic mass is 10.1. The maximum atomic E-state index is 12.4. The summed E-state index contributed by atoms with van der Waals surface area (Å²) in [5.74, 6) is 0.776. The van der Waals surface area contributed by atoms with Gasteiger partial charge in [-0.2, -0.15) is 5.10 Å². The molecule has 0 aliphatic heterocycles. The van der Waals surface area contributed by atoms with Crippen LogP contribution in [0, 0.1) is 0 Å². The van der Waals surface area contributed by atoms with Gasteiger partial charge in [-0.05, 0) is 30.3 Å². The zero-order valence-corrected chi connectivity index (χ0v) is 13.5. The highest BCUT2D eigenvalue weighted by molar-refractivity contribution is 5.98. The van der Waals surface area contributed by atoms with E-state index in [0.29, 0.717) is 18.5 Å². The van der Waals surface area contributed by atoms with Gasteiger partial charge in [-0.15, -0.1) is 0 Å². The fourth-order valence-electron chi connectivity index (χ4n) is 2.81. The van der Waals surface area contributed by atoms with Crippen LogP contribution in [0.15, 0.2) is 67.1 Å². The van der Waals surface area contributed by atoms with Crippen molar-refractivity contribution >= 4 is 16.8 Å². The van der Waals surface area contributed by atoms with Gasteiger partial charge in [0.1, 0.15) is 5.82 Å². The average molecular weight is 331 g/mol. The second-order valence-corrected chi connectivity index (χ2v) is 5.73. The van der Waals surface area contributed by atoms with Crippen molar-refractivity contribution in [2.75, 3.05) is 6.54 Å². The number of hydrogen-bond donors (Lipinski definition) is 2. The number of amides is 1. The number of carbonyl (C=O) groups is 1. The number of pyridine rings is 1. The summed E-state index contributed by atoms with van der Waals surface area (Å²) >= 11 is 0. The van der Waals surface area contributed by atoms with Gasteiger partial charge >= 0.3 is 0 Å². The molecule has 3 aromatic heterocycles. The molecule has 0 spiro atoms. The Bertz CT molecular complexity index is 989. The van der Waals surface area contributed by atoms with E-state index in [1.165, 1.54) is 0 Å². The fourth-order valence-corrected chi connectivity index (χ4v) is 2.81. The highest BCUT2D eigenvalue weighted by Gasteiger charge is 2.10. The van der Waals surface area contributed by atoms with Crippen LogP contribution in [-0.4, -0.2) is 32.2 Å². The molecule has 0 radical (unpaired) electrons. The SMILES string of the molecule is O=C(NCCc1ccccn1)c1ccc2ccn(-c3ccn[nH]3)c2c1. The molecule has 6 heteroatoms. The number of hydrogen-bond acceptors (Lipinski definition) is 3. The zero-order valence-electron chi connectivity index (χ0n) is 13.5. The number of nitrogens with one attached hydrogen (secondary N) is 2. The summed E-state index contributed by atoms with van der Waals surface area (Å²) in [6.07, 6.45) is 6.13. The summed E-state index contributed by atoms with van der Waals surface area (Å²) in [5, 5.41) is 10.9. The predicted octanol–water partition coefficient (Wildman–Crippen LogP) is 2.72. The van der Waals surface area contributed by atoms with Crippen LogP contribution in [0.5, 0.6) is 0 Å². The lowest BCUT2D eigenvalue weighted by Gasteiger charge is -2.07. The Hall–Kier alpha value is -3.41. The van der Waals surface area contributed by atoms with Crippen LogP contribution in [0.4, 0.5) is 0 Å². The summed E-state index contributed by atoms with van der Waals surface area (Å²) in [6, 6.07) is 15.4. The molecule has 0 saturated heterocycles. The van der Waals surface area contributed by atoms with E-state index in [-0.39, 0.29) is 5.91 Å². The number of carbonyl (C=O) groups excluding carboxylic acids is 1. The predicted molar refractivity (Wildman–Crippen MR) is 95.7 cm³/mol. The molecule has 0 bridgehead atoms. The van der Waals surface area contributed by atoms with Gasteiger partial charge in [-0.1, -0.05) is 12.1 Å². The van der Waals surface area contributed by atoms with E-state index in [1.807, 2.05) is 59.3 Å². The summed E-state index contributed by atoms with van der Waals surface area (Å²) in [6.45, 7) is 0.551. The van der Waals surface area contributed by atoms with Gasteiger partial charge in [0, 0.05) is 48.1 Å². The molecule has 4 aromatic rings. The Labute approximate surface area is 144 Å². The first-order valence-corrected chi connectivity index (χ1v) is 8.10. The van der Waals surface area contributed by atoms with Crippen molar-refractivity contribution in [3.63, 3.8) is 0 Å². The quantitative estimate of drug-likeness (QED) is 0.590. The molecule has 0 fully saturated rings. The van der Waals surface area contributed by atoms with Crippen LogP contribution in [0.2, 0.25) is 0 Å². The minimum Gasteiger partial charge on any atom is -0.352 e. The number of H-pyrrole nitrogens is 1. The van der Waals surface area contributed by atoms with Crippen molar-refractivity contribution < 1.29 is 4.79 Å². The van der Waals surface area contributed by atoms with Crippen molar-refractivity contribution in [3.05, 3.63) is 78.4 Å². The van der Waals surface area contributed by atoms with Crippen molar-refractivity contribution in [2.45, 2.75) is 6.42 Å². The molecule has 25 heavy (non-hydrogen) atoms. The maximum absolute atomic E-state index is 12.4. The van der Waals surface area contributed by atoms with Crippen LogP contribution in [0.3, 0.4) is 0 Å². The summed E-state index contributed by atoms with van der Waals surface area (Å²) < 4.78 is 1.98. The molecule has 0 atom stereocenters. The smallest absolute Gasteiger partial charge is 0.251 e. The minimum absolute atomic E-state index is 0.0878. The fraction of sp³-hybridized carbons (Fsp3) is 0.105. The van der Waals surface area contributed by atoms with Crippen molar-refractivity contribution in [3.8, 4) is 5.82 Å². The number of rotatable bonds is 5. The Morgan fingerprint density at radius 3 is 2.88 bits per heavy atom. The highest BCUT2D eigenvalue weighted by Crippen LogP contribution is 2.20. The molecule has 4 rings (SSSR count). The van der Waals surface area contributed by atoms with Crippen LogP contribution < -0.4 is 5.32 Å². The number of nitrogens with zero attached hydrogens (tertiary/aromatic N) is 3. The minimum atomic E-state index is -0.0878. The van der Waals surface area contributed by atoms with Crippen LogP contribution in [0.25, 0.3) is 16.7 Å². The number of aromatic nitrogens is 4. The molecule has 3 heterocycles. The third kappa shape index (κ3) is 3.14.